The van der Waals surface area contributed by atoms with E-state index in [1.165, 1.54) is 31.3 Å². The summed E-state index contributed by atoms with van der Waals surface area (Å²) in [5.74, 6) is 0.678. The molecule has 2 heteroatoms. The lowest BCUT2D eigenvalue weighted by molar-refractivity contribution is 0.558. The van der Waals surface area contributed by atoms with E-state index < -0.39 is 0 Å². The number of unbranched alkanes of at least 4 members (excludes halogenated alkanes) is 1. The third kappa shape index (κ3) is 2.67. The SMILES string of the molecule is CCCCC(C)C1=C(N)C(S)CC1. The van der Waals surface area contributed by atoms with Crippen LogP contribution in [0.3, 0.4) is 0 Å². The molecule has 1 aliphatic rings. The van der Waals surface area contributed by atoms with Gasteiger partial charge in [-0.2, -0.15) is 12.6 Å². The number of nitrogens with two attached hydrogens (primary N) is 1. The monoisotopic (exact) mass is 199 g/mol. The first-order valence-corrected chi connectivity index (χ1v) is 5.85. The Bertz CT molecular complexity index is 198. The van der Waals surface area contributed by atoms with Crippen LogP contribution in [0, 0.1) is 5.92 Å². The minimum absolute atomic E-state index is 0.332. The van der Waals surface area contributed by atoms with Crippen molar-refractivity contribution in [3.05, 3.63) is 11.3 Å². The molecule has 2 N–H and O–H groups in total. The molecule has 0 aromatic rings. The molecule has 1 aliphatic carbocycles. The van der Waals surface area contributed by atoms with Crippen LogP contribution < -0.4 is 5.73 Å². The molecular formula is C11H21NS. The molecule has 0 heterocycles. The normalized spacial score (nSPS) is 25.3. The summed E-state index contributed by atoms with van der Waals surface area (Å²) < 4.78 is 0. The minimum atomic E-state index is 0.332. The Morgan fingerprint density at radius 1 is 1.62 bits per heavy atom. The van der Waals surface area contributed by atoms with Crippen LogP contribution in [-0.2, 0) is 0 Å². The molecule has 0 radical (unpaired) electrons. The zero-order valence-corrected chi connectivity index (χ0v) is 9.61. The van der Waals surface area contributed by atoms with E-state index in [-0.39, 0.29) is 0 Å². The fourth-order valence-electron chi connectivity index (χ4n) is 2.02. The van der Waals surface area contributed by atoms with Crippen LogP contribution in [0.4, 0.5) is 0 Å². The average molecular weight is 199 g/mol. The third-order valence-electron chi connectivity index (χ3n) is 3.00. The van der Waals surface area contributed by atoms with Gasteiger partial charge in [0.25, 0.3) is 0 Å². The molecule has 0 aromatic carbocycles. The maximum Gasteiger partial charge on any atom is 0.0415 e. The lowest BCUT2D eigenvalue weighted by Crippen LogP contribution is -2.10. The van der Waals surface area contributed by atoms with Gasteiger partial charge in [-0.1, -0.05) is 26.7 Å². The summed E-state index contributed by atoms with van der Waals surface area (Å²) in [6.45, 7) is 4.53. The highest BCUT2D eigenvalue weighted by molar-refractivity contribution is 7.81. The molecule has 0 amide bonds. The van der Waals surface area contributed by atoms with Gasteiger partial charge in [0.05, 0.1) is 0 Å². The number of thiol groups is 1. The maximum absolute atomic E-state index is 6.00. The van der Waals surface area contributed by atoms with Gasteiger partial charge in [-0.25, -0.2) is 0 Å². The lowest BCUT2D eigenvalue weighted by atomic mass is 9.94. The van der Waals surface area contributed by atoms with Crippen molar-refractivity contribution in [2.75, 3.05) is 0 Å². The second kappa shape index (κ2) is 4.94. The molecule has 0 spiro atoms. The van der Waals surface area contributed by atoms with Crippen molar-refractivity contribution in [3.63, 3.8) is 0 Å². The third-order valence-corrected chi connectivity index (χ3v) is 3.54. The first kappa shape index (κ1) is 11.0. The van der Waals surface area contributed by atoms with Gasteiger partial charge in [0.2, 0.25) is 0 Å². The Balaban J connectivity index is 2.51. The van der Waals surface area contributed by atoms with Crippen LogP contribution in [0.15, 0.2) is 11.3 Å². The van der Waals surface area contributed by atoms with Gasteiger partial charge in [0.1, 0.15) is 0 Å². The fourth-order valence-corrected chi connectivity index (χ4v) is 2.32. The van der Waals surface area contributed by atoms with E-state index in [4.69, 9.17) is 5.73 Å². The van der Waals surface area contributed by atoms with Crippen molar-refractivity contribution < 1.29 is 0 Å². The number of hydrogen-bond acceptors (Lipinski definition) is 2. The molecule has 0 bridgehead atoms. The molecular weight excluding hydrogens is 178 g/mol. The highest BCUT2D eigenvalue weighted by Crippen LogP contribution is 2.33. The van der Waals surface area contributed by atoms with E-state index in [0.717, 1.165) is 12.1 Å². The fraction of sp³-hybridized carbons (Fsp3) is 0.818. The minimum Gasteiger partial charge on any atom is -0.401 e. The zero-order chi connectivity index (χ0) is 9.84. The van der Waals surface area contributed by atoms with Gasteiger partial charge in [0, 0.05) is 10.9 Å². The van der Waals surface area contributed by atoms with E-state index >= 15 is 0 Å². The molecule has 76 valence electrons. The molecule has 1 rings (SSSR count). The maximum atomic E-state index is 6.00. The predicted molar refractivity (Wildman–Crippen MR) is 61.9 cm³/mol. The van der Waals surface area contributed by atoms with Crippen molar-refractivity contribution in [2.24, 2.45) is 11.7 Å². The standard InChI is InChI=1S/C11H21NS/c1-3-4-5-8(2)9-6-7-10(13)11(9)12/h8,10,13H,3-7,12H2,1-2H3. The van der Waals surface area contributed by atoms with E-state index in [1.54, 1.807) is 0 Å². The summed E-state index contributed by atoms with van der Waals surface area (Å²) in [6.07, 6.45) is 6.19. The van der Waals surface area contributed by atoms with Crippen LogP contribution >= 0.6 is 12.6 Å². The van der Waals surface area contributed by atoms with E-state index in [0.29, 0.717) is 11.2 Å². The zero-order valence-electron chi connectivity index (χ0n) is 8.71. The van der Waals surface area contributed by atoms with Gasteiger partial charge < -0.3 is 5.73 Å². The summed E-state index contributed by atoms with van der Waals surface area (Å²) in [5.41, 5.74) is 8.54. The number of hydrogen-bond donors (Lipinski definition) is 2. The second-order valence-corrected chi connectivity index (χ2v) is 4.70. The first-order chi connectivity index (χ1) is 6.16. The van der Waals surface area contributed by atoms with Gasteiger partial charge in [-0.15, -0.1) is 0 Å². The first-order valence-electron chi connectivity index (χ1n) is 5.33. The van der Waals surface area contributed by atoms with Crippen LogP contribution in [0.5, 0.6) is 0 Å². The largest absolute Gasteiger partial charge is 0.401 e. The average Bonchev–Trinajstić information content (AvgIpc) is 2.44. The van der Waals surface area contributed by atoms with E-state index in [1.807, 2.05) is 0 Å². The van der Waals surface area contributed by atoms with Crippen LogP contribution in [0.25, 0.3) is 0 Å². The molecule has 0 aromatic heterocycles. The van der Waals surface area contributed by atoms with E-state index in [2.05, 4.69) is 26.5 Å². The molecule has 13 heavy (non-hydrogen) atoms. The summed E-state index contributed by atoms with van der Waals surface area (Å²) in [5, 5.41) is 0.332. The number of allylic oxidation sites excluding steroid dienone is 1. The van der Waals surface area contributed by atoms with E-state index in [9.17, 15) is 0 Å². The van der Waals surface area contributed by atoms with Crippen molar-refractivity contribution >= 4 is 12.6 Å². The van der Waals surface area contributed by atoms with Gasteiger partial charge in [0.15, 0.2) is 0 Å². The molecule has 1 nitrogen and oxygen atoms in total. The topological polar surface area (TPSA) is 26.0 Å². The Kier molecular flexibility index (Phi) is 4.17. The molecule has 2 unspecified atom stereocenters. The van der Waals surface area contributed by atoms with Gasteiger partial charge in [-0.05, 0) is 30.8 Å². The highest BCUT2D eigenvalue weighted by atomic mass is 32.1. The molecule has 0 fully saturated rings. The van der Waals surface area contributed by atoms with Gasteiger partial charge in [-0.3, -0.25) is 0 Å². The Hall–Kier alpha value is -0.110. The van der Waals surface area contributed by atoms with Crippen LogP contribution in [-0.4, -0.2) is 5.25 Å². The van der Waals surface area contributed by atoms with Crippen molar-refractivity contribution in [3.8, 4) is 0 Å². The van der Waals surface area contributed by atoms with Gasteiger partial charge >= 0.3 is 0 Å². The number of rotatable bonds is 4. The summed E-state index contributed by atoms with van der Waals surface area (Å²) in [7, 11) is 0. The molecule has 0 saturated carbocycles. The van der Waals surface area contributed by atoms with Crippen LogP contribution in [0.1, 0.15) is 46.0 Å². The molecule has 0 saturated heterocycles. The smallest absolute Gasteiger partial charge is 0.0415 e. The highest BCUT2D eigenvalue weighted by Gasteiger charge is 2.23. The van der Waals surface area contributed by atoms with Crippen LogP contribution in [0.2, 0.25) is 0 Å². The van der Waals surface area contributed by atoms with Crippen molar-refractivity contribution in [1.29, 1.82) is 0 Å². The summed E-state index contributed by atoms with van der Waals surface area (Å²) in [6, 6.07) is 0. The predicted octanol–water partition coefficient (Wildman–Crippen LogP) is 3.12. The Morgan fingerprint density at radius 3 is 2.77 bits per heavy atom. The quantitative estimate of drug-likeness (QED) is 0.668. The Labute approximate surface area is 87.2 Å². The summed E-state index contributed by atoms with van der Waals surface area (Å²) >= 11 is 4.45. The lowest BCUT2D eigenvalue weighted by Gasteiger charge is -2.13. The second-order valence-electron chi connectivity index (χ2n) is 4.08. The molecule has 0 aliphatic heterocycles. The van der Waals surface area contributed by atoms with Crippen molar-refractivity contribution in [1.82, 2.24) is 0 Å². The Morgan fingerprint density at radius 2 is 2.31 bits per heavy atom. The molecule has 2 atom stereocenters. The van der Waals surface area contributed by atoms with Crippen molar-refractivity contribution in [2.45, 2.75) is 51.2 Å². The summed E-state index contributed by atoms with van der Waals surface area (Å²) in [4.78, 5) is 0.